The SMILES string of the molecule is Cc1cccc(COc2ccc(C3CC(=O)Nc4n[nH]c(C)c43)cc2)c1. The Balaban J connectivity index is 1.51. The van der Waals surface area contributed by atoms with Crippen molar-refractivity contribution in [2.75, 3.05) is 5.32 Å². The third-order valence-electron chi connectivity index (χ3n) is 4.76. The molecule has 3 aromatic rings. The van der Waals surface area contributed by atoms with Crippen LogP contribution in [0.1, 0.15) is 40.3 Å². The molecule has 2 N–H and O–H groups in total. The lowest BCUT2D eigenvalue weighted by Crippen LogP contribution is -2.23. The highest BCUT2D eigenvalue weighted by atomic mass is 16.5. The van der Waals surface area contributed by atoms with Crippen LogP contribution in [0.15, 0.2) is 48.5 Å². The van der Waals surface area contributed by atoms with Gasteiger partial charge < -0.3 is 10.1 Å². The number of nitrogens with zero attached hydrogens (tertiary/aromatic N) is 1. The van der Waals surface area contributed by atoms with Crippen molar-refractivity contribution >= 4 is 11.7 Å². The predicted octanol–water partition coefficient (Wildman–Crippen LogP) is 4.08. The zero-order valence-electron chi connectivity index (χ0n) is 14.9. The normalized spacial score (nSPS) is 16.1. The number of carbonyl (C=O) groups excluding carboxylic acids is 1. The molecule has 26 heavy (non-hydrogen) atoms. The van der Waals surface area contributed by atoms with E-state index in [2.05, 4.69) is 40.6 Å². The van der Waals surface area contributed by atoms with Gasteiger partial charge in [0.15, 0.2) is 5.82 Å². The summed E-state index contributed by atoms with van der Waals surface area (Å²) in [6.45, 7) is 4.60. The van der Waals surface area contributed by atoms with Gasteiger partial charge in [0.25, 0.3) is 0 Å². The Morgan fingerprint density at radius 2 is 1.96 bits per heavy atom. The lowest BCUT2D eigenvalue weighted by molar-refractivity contribution is -0.116. The Bertz CT molecular complexity index is 944. The summed E-state index contributed by atoms with van der Waals surface area (Å²) in [5, 5.41) is 9.98. The molecule has 0 aliphatic carbocycles. The zero-order chi connectivity index (χ0) is 18.1. The van der Waals surface area contributed by atoms with Gasteiger partial charge in [-0.3, -0.25) is 9.89 Å². The topological polar surface area (TPSA) is 67.0 Å². The van der Waals surface area contributed by atoms with Gasteiger partial charge in [-0.2, -0.15) is 5.10 Å². The second kappa shape index (κ2) is 6.67. The van der Waals surface area contributed by atoms with E-state index < -0.39 is 0 Å². The van der Waals surface area contributed by atoms with Crippen LogP contribution in [0.4, 0.5) is 5.82 Å². The molecule has 1 aliphatic heterocycles. The summed E-state index contributed by atoms with van der Waals surface area (Å²) in [6.07, 6.45) is 0.427. The number of carbonyl (C=O) groups is 1. The minimum absolute atomic E-state index is 0.00576. The summed E-state index contributed by atoms with van der Waals surface area (Å²) >= 11 is 0. The summed E-state index contributed by atoms with van der Waals surface area (Å²) in [5.41, 5.74) is 5.52. The lowest BCUT2D eigenvalue weighted by atomic mass is 9.86. The van der Waals surface area contributed by atoms with Crippen molar-refractivity contribution in [1.29, 1.82) is 0 Å². The zero-order valence-corrected chi connectivity index (χ0v) is 14.9. The molecule has 0 spiro atoms. The van der Waals surface area contributed by atoms with E-state index in [0.717, 1.165) is 28.1 Å². The van der Waals surface area contributed by atoms with Crippen LogP contribution < -0.4 is 10.1 Å². The minimum atomic E-state index is -0.00576. The van der Waals surface area contributed by atoms with Crippen LogP contribution in [-0.2, 0) is 11.4 Å². The van der Waals surface area contributed by atoms with E-state index in [0.29, 0.717) is 18.8 Å². The number of ether oxygens (including phenoxy) is 1. The number of aromatic amines is 1. The van der Waals surface area contributed by atoms with Crippen molar-refractivity contribution in [1.82, 2.24) is 10.2 Å². The number of hydrogen-bond acceptors (Lipinski definition) is 3. The fourth-order valence-electron chi connectivity index (χ4n) is 3.48. The van der Waals surface area contributed by atoms with Gasteiger partial charge in [-0.25, -0.2) is 0 Å². The first-order valence-corrected chi connectivity index (χ1v) is 8.73. The van der Waals surface area contributed by atoms with E-state index >= 15 is 0 Å². The maximum atomic E-state index is 12.0. The molecule has 1 aromatic heterocycles. The molecule has 1 atom stereocenters. The molecule has 0 bridgehead atoms. The summed E-state index contributed by atoms with van der Waals surface area (Å²) in [6, 6.07) is 16.3. The highest BCUT2D eigenvalue weighted by molar-refractivity contribution is 5.94. The Morgan fingerprint density at radius 1 is 1.15 bits per heavy atom. The first-order chi connectivity index (χ1) is 12.6. The Morgan fingerprint density at radius 3 is 2.73 bits per heavy atom. The highest BCUT2D eigenvalue weighted by Gasteiger charge is 2.30. The van der Waals surface area contributed by atoms with Crippen LogP contribution in [0, 0.1) is 13.8 Å². The number of amides is 1. The molecule has 2 heterocycles. The van der Waals surface area contributed by atoms with Gasteiger partial charge in [-0.15, -0.1) is 0 Å². The van der Waals surface area contributed by atoms with E-state index in [-0.39, 0.29) is 11.8 Å². The summed E-state index contributed by atoms with van der Waals surface area (Å²) < 4.78 is 5.89. The Labute approximate surface area is 152 Å². The Hall–Kier alpha value is -3.08. The molecule has 2 aromatic carbocycles. The molecule has 5 nitrogen and oxygen atoms in total. The monoisotopic (exact) mass is 347 g/mol. The third kappa shape index (κ3) is 3.20. The number of nitrogens with one attached hydrogen (secondary N) is 2. The highest BCUT2D eigenvalue weighted by Crippen LogP contribution is 2.38. The molecule has 0 fully saturated rings. The van der Waals surface area contributed by atoms with Crippen LogP contribution in [0.5, 0.6) is 5.75 Å². The molecule has 1 unspecified atom stereocenters. The molecular weight excluding hydrogens is 326 g/mol. The van der Waals surface area contributed by atoms with E-state index in [4.69, 9.17) is 4.74 Å². The molecule has 0 saturated carbocycles. The lowest BCUT2D eigenvalue weighted by Gasteiger charge is -2.23. The van der Waals surface area contributed by atoms with Gasteiger partial charge in [0.05, 0.1) is 0 Å². The standard InChI is InChI=1S/C21H21N3O2/c1-13-4-3-5-15(10-13)12-26-17-8-6-16(7-9-17)18-11-19(25)22-21-20(18)14(2)23-24-21/h3-10,18H,11-12H2,1-2H3,(H2,22,23,24,25). The van der Waals surface area contributed by atoms with Gasteiger partial charge >= 0.3 is 0 Å². The predicted molar refractivity (Wildman–Crippen MR) is 100 cm³/mol. The maximum absolute atomic E-state index is 12.0. The number of aryl methyl sites for hydroxylation is 2. The van der Waals surface area contributed by atoms with E-state index in [9.17, 15) is 4.79 Å². The van der Waals surface area contributed by atoms with E-state index in [1.54, 1.807) is 0 Å². The van der Waals surface area contributed by atoms with Crippen molar-refractivity contribution in [2.24, 2.45) is 0 Å². The number of fused-ring (bicyclic) bond motifs is 1. The summed E-state index contributed by atoms with van der Waals surface area (Å²) in [4.78, 5) is 12.0. The summed E-state index contributed by atoms with van der Waals surface area (Å²) in [7, 11) is 0. The number of aromatic nitrogens is 2. The molecule has 0 radical (unpaired) electrons. The fourth-order valence-corrected chi connectivity index (χ4v) is 3.48. The van der Waals surface area contributed by atoms with Crippen LogP contribution in [0.2, 0.25) is 0 Å². The number of rotatable bonds is 4. The minimum Gasteiger partial charge on any atom is -0.489 e. The van der Waals surface area contributed by atoms with Crippen molar-refractivity contribution < 1.29 is 9.53 Å². The van der Waals surface area contributed by atoms with Crippen molar-refractivity contribution in [3.8, 4) is 5.75 Å². The van der Waals surface area contributed by atoms with Crippen LogP contribution in [0.3, 0.4) is 0 Å². The van der Waals surface area contributed by atoms with Crippen molar-refractivity contribution in [2.45, 2.75) is 32.8 Å². The van der Waals surface area contributed by atoms with Crippen molar-refractivity contribution in [3.63, 3.8) is 0 Å². The number of hydrogen-bond donors (Lipinski definition) is 2. The largest absolute Gasteiger partial charge is 0.489 e. The molecule has 4 rings (SSSR count). The molecular formula is C21H21N3O2. The number of anilines is 1. The van der Waals surface area contributed by atoms with E-state index in [1.807, 2.05) is 37.3 Å². The number of benzene rings is 2. The first-order valence-electron chi connectivity index (χ1n) is 8.73. The molecule has 132 valence electrons. The third-order valence-corrected chi connectivity index (χ3v) is 4.76. The van der Waals surface area contributed by atoms with Gasteiger partial charge in [0.2, 0.25) is 5.91 Å². The van der Waals surface area contributed by atoms with Gasteiger partial charge in [-0.05, 0) is 37.1 Å². The van der Waals surface area contributed by atoms with Gasteiger partial charge in [-0.1, -0.05) is 42.0 Å². The van der Waals surface area contributed by atoms with Crippen LogP contribution >= 0.6 is 0 Å². The second-order valence-electron chi connectivity index (χ2n) is 6.76. The molecule has 5 heteroatoms. The van der Waals surface area contributed by atoms with Crippen LogP contribution in [0.25, 0.3) is 0 Å². The van der Waals surface area contributed by atoms with Crippen LogP contribution in [-0.4, -0.2) is 16.1 Å². The van der Waals surface area contributed by atoms with Gasteiger partial charge in [0.1, 0.15) is 12.4 Å². The van der Waals surface area contributed by atoms with Gasteiger partial charge in [0, 0.05) is 23.6 Å². The summed E-state index contributed by atoms with van der Waals surface area (Å²) in [5.74, 6) is 1.47. The number of H-pyrrole nitrogens is 1. The first kappa shape index (κ1) is 16.4. The average molecular weight is 347 g/mol. The molecule has 1 amide bonds. The fraction of sp³-hybridized carbons (Fsp3) is 0.238. The van der Waals surface area contributed by atoms with Crippen molar-refractivity contribution in [3.05, 3.63) is 76.5 Å². The quantitative estimate of drug-likeness (QED) is 0.747. The maximum Gasteiger partial charge on any atom is 0.226 e. The Kier molecular flexibility index (Phi) is 4.21. The smallest absolute Gasteiger partial charge is 0.226 e. The average Bonchev–Trinajstić information content (AvgIpc) is 3.00. The molecule has 0 saturated heterocycles. The second-order valence-corrected chi connectivity index (χ2v) is 6.76. The van der Waals surface area contributed by atoms with E-state index in [1.165, 1.54) is 5.56 Å². The molecule has 1 aliphatic rings.